The molecule has 0 aromatic carbocycles. The van der Waals surface area contributed by atoms with E-state index in [1.165, 1.54) is 0 Å². The first-order valence-corrected chi connectivity index (χ1v) is 2.52. The van der Waals surface area contributed by atoms with E-state index < -0.39 is 0 Å². The molecule has 1 heterocycles. The third-order valence-electron chi connectivity index (χ3n) is 0.789. The number of aliphatic imine (C=N–C) groups is 1. The summed E-state index contributed by atoms with van der Waals surface area (Å²) in [4.78, 5) is 3.89. The van der Waals surface area contributed by atoms with Gasteiger partial charge in [0.15, 0.2) is 0 Å². The summed E-state index contributed by atoms with van der Waals surface area (Å²) in [5.41, 5.74) is 0. The summed E-state index contributed by atoms with van der Waals surface area (Å²) in [6.07, 6.45) is 13.1. The fourth-order valence-electron chi connectivity index (χ4n) is 0.441. The molecule has 0 saturated heterocycles. The van der Waals surface area contributed by atoms with Gasteiger partial charge >= 0.3 is 0 Å². The van der Waals surface area contributed by atoms with Crippen molar-refractivity contribution < 1.29 is 0 Å². The molecule has 8 heavy (non-hydrogen) atoms. The molecule has 0 amide bonds. The van der Waals surface area contributed by atoms with Gasteiger partial charge < -0.3 is 0 Å². The van der Waals surface area contributed by atoms with Crippen LogP contribution in [-0.2, 0) is 0 Å². The maximum atomic E-state index is 3.89. The van der Waals surface area contributed by atoms with Gasteiger partial charge in [-0.1, -0.05) is 18.2 Å². The summed E-state index contributed by atoms with van der Waals surface area (Å²) in [6.45, 7) is 0. The summed E-state index contributed by atoms with van der Waals surface area (Å²) in [5, 5.41) is 0. The van der Waals surface area contributed by atoms with Crippen molar-refractivity contribution in [2.45, 2.75) is 0 Å². The Morgan fingerprint density at radius 1 is 0.750 bits per heavy atom. The molecule has 0 unspecified atom stereocenters. The van der Waals surface area contributed by atoms with E-state index in [9.17, 15) is 0 Å². The lowest BCUT2D eigenvalue weighted by Crippen LogP contribution is -1.63. The van der Waals surface area contributed by atoms with Crippen LogP contribution in [-0.4, -0.2) is 6.21 Å². The van der Waals surface area contributed by atoms with Crippen LogP contribution in [0, 0.1) is 0 Å². The molecule has 1 heteroatoms. The maximum absolute atomic E-state index is 3.89. The molecule has 0 aromatic rings. The Labute approximate surface area is 48.7 Å². The minimum atomic E-state index is 1.75. The summed E-state index contributed by atoms with van der Waals surface area (Å²) in [5.74, 6) is 0. The van der Waals surface area contributed by atoms with Crippen LogP contribution in [0.5, 0.6) is 0 Å². The van der Waals surface area contributed by atoms with Gasteiger partial charge in [0, 0.05) is 12.4 Å². The molecule has 40 valence electrons. The van der Waals surface area contributed by atoms with Crippen molar-refractivity contribution >= 4 is 6.21 Å². The smallest absolute Gasteiger partial charge is 0.0267 e. The zero-order chi connectivity index (χ0) is 5.66. The third kappa shape index (κ3) is 1.56. The van der Waals surface area contributed by atoms with Crippen LogP contribution in [0.1, 0.15) is 0 Å². The fourth-order valence-corrected chi connectivity index (χ4v) is 0.441. The van der Waals surface area contributed by atoms with Crippen LogP contribution < -0.4 is 0 Å². The Bertz CT molecular complexity index is 105. The highest BCUT2D eigenvalue weighted by Gasteiger charge is 1.65. The minimum Gasteiger partial charge on any atom is -0.265 e. The van der Waals surface area contributed by atoms with Gasteiger partial charge in [0.25, 0.3) is 0 Å². The molecule has 0 atom stereocenters. The first kappa shape index (κ1) is 5.04. The van der Waals surface area contributed by atoms with Gasteiger partial charge in [0.1, 0.15) is 0 Å². The Morgan fingerprint density at radius 2 is 1.50 bits per heavy atom. The molecule has 0 aromatic heterocycles. The van der Waals surface area contributed by atoms with Crippen molar-refractivity contribution in [3.05, 3.63) is 36.6 Å². The van der Waals surface area contributed by atoms with E-state index in [0.29, 0.717) is 0 Å². The number of allylic oxidation sites excluding steroid dienone is 5. The number of hydrogen-bond donors (Lipinski definition) is 0. The highest BCUT2D eigenvalue weighted by molar-refractivity contribution is 5.72. The van der Waals surface area contributed by atoms with Crippen molar-refractivity contribution in [3.63, 3.8) is 0 Å². The van der Waals surface area contributed by atoms with Crippen LogP contribution >= 0.6 is 0 Å². The van der Waals surface area contributed by atoms with E-state index in [2.05, 4.69) is 4.99 Å². The summed E-state index contributed by atoms with van der Waals surface area (Å²) < 4.78 is 0. The molecule has 0 spiro atoms. The van der Waals surface area contributed by atoms with E-state index in [1.807, 2.05) is 30.4 Å². The van der Waals surface area contributed by atoms with Gasteiger partial charge in [-0.2, -0.15) is 0 Å². The second-order valence-electron chi connectivity index (χ2n) is 1.41. The van der Waals surface area contributed by atoms with E-state index in [1.54, 1.807) is 12.4 Å². The van der Waals surface area contributed by atoms with Crippen LogP contribution in [0.3, 0.4) is 0 Å². The Morgan fingerprint density at radius 3 is 2.50 bits per heavy atom. The molecule has 1 rings (SSSR count). The van der Waals surface area contributed by atoms with E-state index in [-0.39, 0.29) is 0 Å². The summed E-state index contributed by atoms with van der Waals surface area (Å²) >= 11 is 0. The third-order valence-corrected chi connectivity index (χ3v) is 0.789. The van der Waals surface area contributed by atoms with Crippen LogP contribution in [0.4, 0.5) is 0 Å². The van der Waals surface area contributed by atoms with Crippen molar-refractivity contribution in [2.24, 2.45) is 4.99 Å². The first-order valence-electron chi connectivity index (χ1n) is 2.52. The molecule has 0 fully saturated rings. The summed E-state index contributed by atoms with van der Waals surface area (Å²) in [6, 6.07) is 0. The van der Waals surface area contributed by atoms with Gasteiger partial charge in [-0.05, 0) is 12.2 Å². The highest BCUT2D eigenvalue weighted by atomic mass is 14.6. The van der Waals surface area contributed by atoms with Crippen LogP contribution in [0.25, 0.3) is 0 Å². The summed E-state index contributed by atoms with van der Waals surface area (Å²) in [7, 11) is 0. The van der Waals surface area contributed by atoms with E-state index >= 15 is 0 Å². The number of hydrogen-bond acceptors (Lipinski definition) is 1. The van der Waals surface area contributed by atoms with Crippen molar-refractivity contribution in [1.29, 1.82) is 0 Å². The second-order valence-corrected chi connectivity index (χ2v) is 1.41. The lowest BCUT2D eigenvalue weighted by atomic mass is 10.4. The standard InChI is InChI=1S/C7H7N/c1-2-4-6-8-7-5-3-1/h1-7H/b2-1-,3-1?,4-2?,5-3-,6-4-,7-5?,8-6?,8-7-. The van der Waals surface area contributed by atoms with E-state index in [4.69, 9.17) is 0 Å². The number of rotatable bonds is 0. The fraction of sp³-hybridized carbons (Fsp3) is 0. The normalized spacial score (nSPS) is 32.0. The topological polar surface area (TPSA) is 12.4 Å². The minimum absolute atomic E-state index is 1.75. The molecule has 1 aliphatic rings. The predicted octanol–water partition coefficient (Wildman–Crippen LogP) is 1.70. The van der Waals surface area contributed by atoms with Crippen molar-refractivity contribution in [2.75, 3.05) is 0 Å². The monoisotopic (exact) mass is 105 g/mol. The molecule has 0 bridgehead atoms. The zero-order valence-electron chi connectivity index (χ0n) is 4.49. The van der Waals surface area contributed by atoms with Gasteiger partial charge in [-0.15, -0.1) is 0 Å². The highest BCUT2D eigenvalue weighted by Crippen LogP contribution is 1.83. The molecular weight excluding hydrogens is 98.1 g/mol. The van der Waals surface area contributed by atoms with Crippen molar-refractivity contribution in [3.8, 4) is 0 Å². The maximum Gasteiger partial charge on any atom is 0.0267 e. The first-order chi connectivity index (χ1) is 4.00. The molecule has 0 saturated carbocycles. The molecule has 0 N–H and O–H groups in total. The average Bonchev–Trinajstić information content (AvgIpc) is 1.62. The molecular formula is C7H7N. The lowest BCUT2D eigenvalue weighted by Gasteiger charge is -1.77. The van der Waals surface area contributed by atoms with E-state index in [0.717, 1.165) is 0 Å². The van der Waals surface area contributed by atoms with Gasteiger partial charge in [0.05, 0.1) is 0 Å². The predicted molar refractivity (Wildman–Crippen MR) is 35.9 cm³/mol. The SMILES string of the molecule is C1=C\C=C/N=C\C=C/1. The van der Waals surface area contributed by atoms with Crippen LogP contribution in [0.15, 0.2) is 41.6 Å². The van der Waals surface area contributed by atoms with Gasteiger partial charge in [0.2, 0.25) is 0 Å². The quantitative estimate of drug-likeness (QED) is 0.444. The Kier molecular flexibility index (Phi) is 1.87. The zero-order valence-corrected chi connectivity index (χ0v) is 4.49. The molecule has 1 aliphatic heterocycles. The Hall–Kier alpha value is -1.11. The average molecular weight is 105 g/mol. The van der Waals surface area contributed by atoms with Crippen LogP contribution in [0.2, 0.25) is 0 Å². The van der Waals surface area contributed by atoms with Gasteiger partial charge in [-0.25, -0.2) is 0 Å². The lowest BCUT2D eigenvalue weighted by molar-refractivity contribution is 1.58. The van der Waals surface area contributed by atoms with Crippen molar-refractivity contribution in [1.82, 2.24) is 0 Å². The number of nitrogens with zero attached hydrogens (tertiary/aromatic N) is 1. The molecule has 0 aliphatic carbocycles. The second kappa shape index (κ2) is 2.97. The molecule has 0 radical (unpaired) electrons. The molecule has 1 nitrogen and oxygen atoms in total. The van der Waals surface area contributed by atoms with Gasteiger partial charge in [-0.3, -0.25) is 4.99 Å². The Balaban J connectivity index is 2.67. The largest absolute Gasteiger partial charge is 0.265 e.